The minimum absolute atomic E-state index is 0.00610. The molecule has 1 heterocycles. The lowest BCUT2D eigenvalue weighted by molar-refractivity contribution is 0.0697. The number of hydrogen-bond donors (Lipinski definition) is 2. The molecule has 0 unspecified atom stereocenters. The molecule has 1 aromatic heterocycles. The maximum atomic E-state index is 12.1. The summed E-state index contributed by atoms with van der Waals surface area (Å²) in [7, 11) is 0. The zero-order chi connectivity index (χ0) is 14.9. The van der Waals surface area contributed by atoms with E-state index in [2.05, 4.69) is 9.69 Å². The first-order chi connectivity index (χ1) is 9.40. The monoisotopic (exact) mass is 310 g/mol. The number of aromatic nitrogens is 1. The van der Waals surface area contributed by atoms with E-state index in [-0.39, 0.29) is 10.6 Å². The number of benzene rings is 1. The fourth-order valence-corrected chi connectivity index (χ4v) is 2.79. The summed E-state index contributed by atoms with van der Waals surface area (Å²) in [5.74, 6) is -1.58. The number of carboxylic acids is 1. The molecule has 0 aliphatic carbocycles. The smallest absolute Gasteiger partial charge is 0.340 e. The van der Waals surface area contributed by atoms with Gasteiger partial charge in [0.05, 0.1) is 16.3 Å². The second-order valence-electron chi connectivity index (χ2n) is 4.21. The molecule has 1 amide bonds. The first kappa shape index (κ1) is 14.5. The van der Waals surface area contributed by atoms with Gasteiger partial charge in [0.2, 0.25) is 0 Å². The van der Waals surface area contributed by atoms with Crippen molar-refractivity contribution in [2.24, 2.45) is 0 Å². The van der Waals surface area contributed by atoms with Gasteiger partial charge in [-0.2, -0.15) is 4.37 Å². The highest BCUT2D eigenvalue weighted by molar-refractivity contribution is 7.11. The Kier molecular flexibility index (Phi) is 4.06. The molecule has 0 aliphatic heterocycles. The van der Waals surface area contributed by atoms with Crippen molar-refractivity contribution in [2.75, 3.05) is 5.32 Å². The Labute approximate surface area is 124 Å². The molecule has 0 atom stereocenters. The van der Waals surface area contributed by atoms with Gasteiger partial charge >= 0.3 is 5.97 Å². The van der Waals surface area contributed by atoms with Gasteiger partial charge in [0.15, 0.2) is 0 Å². The van der Waals surface area contributed by atoms with E-state index < -0.39 is 11.9 Å². The molecule has 0 spiro atoms. The van der Waals surface area contributed by atoms with E-state index in [1.807, 2.05) is 6.92 Å². The number of aryl methyl sites for hydroxylation is 2. The maximum Gasteiger partial charge on any atom is 0.340 e. The second-order valence-corrected chi connectivity index (χ2v) is 5.40. The zero-order valence-corrected chi connectivity index (χ0v) is 12.3. The van der Waals surface area contributed by atoms with Gasteiger partial charge in [-0.1, -0.05) is 17.7 Å². The van der Waals surface area contributed by atoms with Crippen LogP contribution in [-0.4, -0.2) is 21.4 Å². The van der Waals surface area contributed by atoms with Crippen LogP contribution in [0, 0.1) is 13.8 Å². The summed E-state index contributed by atoms with van der Waals surface area (Å²) in [5.41, 5.74) is 1.60. The van der Waals surface area contributed by atoms with Gasteiger partial charge in [-0.05, 0) is 43.1 Å². The second kappa shape index (κ2) is 5.60. The molecule has 1 aromatic carbocycles. The number of carbonyl (C=O) groups is 2. The van der Waals surface area contributed by atoms with E-state index in [1.165, 1.54) is 0 Å². The molecule has 0 saturated carbocycles. The highest BCUT2D eigenvalue weighted by Gasteiger charge is 2.20. The first-order valence-electron chi connectivity index (χ1n) is 5.67. The predicted molar refractivity (Wildman–Crippen MR) is 78.0 cm³/mol. The number of halogens is 1. The van der Waals surface area contributed by atoms with Crippen LogP contribution in [-0.2, 0) is 0 Å². The Hall–Kier alpha value is -1.92. The van der Waals surface area contributed by atoms with Crippen LogP contribution in [0.1, 0.15) is 32.0 Å². The van der Waals surface area contributed by atoms with Gasteiger partial charge in [-0.3, -0.25) is 4.79 Å². The van der Waals surface area contributed by atoms with E-state index in [0.717, 1.165) is 17.1 Å². The van der Waals surface area contributed by atoms with Crippen LogP contribution in [0.15, 0.2) is 18.2 Å². The molecular formula is C13H11ClN2O3S. The molecule has 20 heavy (non-hydrogen) atoms. The third-order valence-corrected chi connectivity index (χ3v) is 3.84. The van der Waals surface area contributed by atoms with E-state index in [4.69, 9.17) is 16.7 Å². The van der Waals surface area contributed by atoms with Crippen molar-refractivity contribution in [2.45, 2.75) is 13.8 Å². The standard InChI is InChI=1S/C13H11ClN2O3S/c1-6-3-4-8(9(14)5-6)11(17)15-12-10(13(18)19)7(2)16-20-12/h3-5H,1-2H3,(H,15,17)(H,18,19). The van der Waals surface area contributed by atoms with Crippen LogP contribution in [0.2, 0.25) is 5.02 Å². The number of carboxylic acid groups (broad SMARTS) is 1. The zero-order valence-electron chi connectivity index (χ0n) is 10.7. The van der Waals surface area contributed by atoms with Crippen LogP contribution in [0.5, 0.6) is 0 Å². The van der Waals surface area contributed by atoms with Gasteiger partial charge in [0, 0.05) is 0 Å². The molecule has 0 saturated heterocycles. The van der Waals surface area contributed by atoms with Crippen molar-refractivity contribution in [3.05, 3.63) is 45.6 Å². The minimum Gasteiger partial charge on any atom is -0.478 e. The average molecular weight is 311 g/mol. The summed E-state index contributed by atoms with van der Waals surface area (Å²) in [6.07, 6.45) is 0. The molecule has 0 fully saturated rings. The van der Waals surface area contributed by atoms with Crippen molar-refractivity contribution in [1.82, 2.24) is 4.37 Å². The number of hydrogen-bond acceptors (Lipinski definition) is 4. The van der Waals surface area contributed by atoms with Gasteiger partial charge in [-0.15, -0.1) is 0 Å². The summed E-state index contributed by atoms with van der Waals surface area (Å²) in [5, 5.41) is 12.2. The first-order valence-corrected chi connectivity index (χ1v) is 6.82. The van der Waals surface area contributed by atoms with E-state index >= 15 is 0 Å². The van der Waals surface area contributed by atoms with Crippen LogP contribution in [0.4, 0.5) is 5.00 Å². The van der Waals surface area contributed by atoms with E-state index in [0.29, 0.717) is 16.3 Å². The summed E-state index contributed by atoms with van der Waals surface area (Å²) in [4.78, 5) is 23.2. The Morgan fingerprint density at radius 2 is 2.05 bits per heavy atom. The Bertz CT molecular complexity index is 697. The summed E-state index contributed by atoms with van der Waals surface area (Å²) in [6, 6.07) is 5.03. The lowest BCUT2D eigenvalue weighted by Crippen LogP contribution is -2.14. The number of carbonyl (C=O) groups excluding carboxylic acids is 1. The minimum atomic E-state index is -1.12. The Morgan fingerprint density at radius 3 is 2.65 bits per heavy atom. The third-order valence-electron chi connectivity index (χ3n) is 2.67. The molecule has 0 bridgehead atoms. The van der Waals surface area contributed by atoms with Crippen LogP contribution in [0.25, 0.3) is 0 Å². The maximum absolute atomic E-state index is 12.1. The molecule has 2 N–H and O–H groups in total. The number of rotatable bonds is 3. The van der Waals surface area contributed by atoms with Crippen LogP contribution in [0.3, 0.4) is 0 Å². The quantitative estimate of drug-likeness (QED) is 0.911. The average Bonchev–Trinajstić information content (AvgIpc) is 2.70. The number of nitrogens with one attached hydrogen (secondary N) is 1. The van der Waals surface area contributed by atoms with Gasteiger partial charge in [0.1, 0.15) is 10.6 Å². The molecular weight excluding hydrogens is 300 g/mol. The van der Waals surface area contributed by atoms with Crippen molar-refractivity contribution >= 4 is 40.0 Å². The number of nitrogens with zero attached hydrogens (tertiary/aromatic N) is 1. The lowest BCUT2D eigenvalue weighted by Gasteiger charge is -2.06. The molecule has 2 aromatic rings. The number of aromatic carboxylic acids is 1. The van der Waals surface area contributed by atoms with E-state index in [1.54, 1.807) is 25.1 Å². The largest absolute Gasteiger partial charge is 0.478 e. The third kappa shape index (κ3) is 2.81. The van der Waals surface area contributed by atoms with Gasteiger partial charge in [-0.25, -0.2) is 4.79 Å². The van der Waals surface area contributed by atoms with Crippen molar-refractivity contribution in [3.8, 4) is 0 Å². The Morgan fingerprint density at radius 1 is 1.35 bits per heavy atom. The molecule has 7 heteroatoms. The number of anilines is 1. The van der Waals surface area contributed by atoms with Crippen molar-refractivity contribution in [1.29, 1.82) is 0 Å². The topological polar surface area (TPSA) is 79.3 Å². The molecule has 2 rings (SSSR count). The summed E-state index contributed by atoms with van der Waals surface area (Å²) >= 11 is 6.94. The Balaban J connectivity index is 2.31. The van der Waals surface area contributed by atoms with Crippen LogP contribution < -0.4 is 5.32 Å². The van der Waals surface area contributed by atoms with Gasteiger partial charge < -0.3 is 10.4 Å². The SMILES string of the molecule is Cc1ccc(C(=O)Nc2snc(C)c2C(=O)O)c(Cl)c1. The van der Waals surface area contributed by atoms with Gasteiger partial charge in [0.25, 0.3) is 5.91 Å². The normalized spacial score (nSPS) is 10.3. The van der Waals surface area contributed by atoms with Crippen molar-refractivity contribution in [3.63, 3.8) is 0 Å². The highest BCUT2D eigenvalue weighted by Crippen LogP contribution is 2.26. The van der Waals surface area contributed by atoms with E-state index in [9.17, 15) is 9.59 Å². The van der Waals surface area contributed by atoms with Crippen molar-refractivity contribution < 1.29 is 14.7 Å². The summed E-state index contributed by atoms with van der Waals surface area (Å²) in [6.45, 7) is 3.44. The fraction of sp³-hybridized carbons (Fsp3) is 0.154. The van der Waals surface area contributed by atoms with Crippen LogP contribution >= 0.6 is 23.1 Å². The lowest BCUT2D eigenvalue weighted by atomic mass is 10.1. The summed E-state index contributed by atoms with van der Waals surface area (Å²) < 4.78 is 3.93. The highest BCUT2D eigenvalue weighted by atomic mass is 35.5. The molecule has 0 aliphatic rings. The molecule has 5 nitrogen and oxygen atoms in total. The molecule has 0 radical (unpaired) electrons. The predicted octanol–water partition coefficient (Wildman–Crippen LogP) is 3.36. The fourth-order valence-electron chi connectivity index (χ4n) is 1.68. The number of amides is 1. The molecule has 104 valence electrons.